The molecule has 0 fully saturated rings. The molecule has 0 saturated heterocycles. The highest BCUT2D eigenvalue weighted by molar-refractivity contribution is 6.39. The van der Waals surface area contributed by atoms with E-state index < -0.39 is 12.6 Å². The molecule has 0 heterocycles. The Bertz CT molecular complexity index is 332. The number of nitrogens with one attached hydrogen (secondary N) is 1. The van der Waals surface area contributed by atoms with Crippen molar-refractivity contribution in [2.75, 3.05) is 11.9 Å². The smallest absolute Gasteiger partial charge is 0.383 e. The van der Waals surface area contributed by atoms with E-state index in [1.807, 2.05) is 0 Å². The van der Waals surface area contributed by atoms with E-state index >= 15 is 0 Å². The molecule has 0 aromatic heterocycles. The molecule has 1 rings (SSSR count). The maximum absolute atomic E-state index is 11.9. The molecule has 0 aliphatic rings. The summed E-state index contributed by atoms with van der Waals surface area (Å²) in [6, 6.07) is 4.92. The van der Waals surface area contributed by atoms with Gasteiger partial charge in [-0.2, -0.15) is 13.2 Å². The maximum Gasteiger partial charge on any atom is 0.389 e. The molecule has 6 heteroatoms. The summed E-state index contributed by atoms with van der Waals surface area (Å²) in [5, 5.41) is 3.59. The van der Waals surface area contributed by atoms with E-state index in [-0.39, 0.29) is 13.0 Å². The normalized spacial score (nSPS) is 11.6. The van der Waals surface area contributed by atoms with Gasteiger partial charge in [0.2, 0.25) is 0 Å². The topological polar surface area (TPSA) is 12.0 Å². The highest BCUT2D eigenvalue weighted by Gasteiger charge is 2.25. The van der Waals surface area contributed by atoms with Crippen molar-refractivity contribution in [1.29, 1.82) is 0 Å². The van der Waals surface area contributed by atoms with Crippen molar-refractivity contribution in [3.63, 3.8) is 0 Å². The van der Waals surface area contributed by atoms with E-state index in [4.69, 9.17) is 23.2 Å². The predicted molar refractivity (Wildman–Crippen MR) is 60.2 cm³/mol. The lowest BCUT2D eigenvalue weighted by atomic mass is 10.2. The lowest BCUT2D eigenvalue weighted by Crippen LogP contribution is -2.11. The molecule has 1 aromatic carbocycles. The van der Waals surface area contributed by atoms with Crippen LogP contribution >= 0.6 is 23.2 Å². The van der Waals surface area contributed by atoms with Crippen LogP contribution in [0.4, 0.5) is 18.9 Å². The molecule has 1 nitrogen and oxygen atoms in total. The lowest BCUT2D eigenvalue weighted by molar-refractivity contribution is -0.134. The van der Waals surface area contributed by atoms with Gasteiger partial charge in [-0.3, -0.25) is 0 Å². The van der Waals surface area contributed by atoms with Crippen LogP contribution in [0, 0.1) is 0 Å². The number of hydrogen-bond acceptors (Lipinski definition) is 1. The first kappa shape index (κ1) is 13.5. The summed E-state index contributed by atoms with van der Waals surface area (Å²) in [6.07, 6.45) is -4.95. The van der Waals surface area contributed by atoms with Gasteiger partial charge in [0.25, 0.3) is 0 Å². The van der Waals surface area contributed by atoms with Crippen molar-refractivity contribution in [3.8, 4) is 0 Å². The SMILES string of the molecule is FC(F)(F)CCCNc1c(Cl)cccc1Cl. The Labute approximate surface area is 102 Å². The van der Waals surface area contributed by atoms with Crippen molar-refractivity contribution in [3.05, 3.63) is 28.2 Å². The van der Waals surface area contributed by atoms with Crippen molar-refractivity contribution >= 4 is 28.9 Å². The summed E-state index contributed by atoms with van der Waals surface area (Å²) >= 11 is 11.7. The van der Waals surface area contributed by atoms with Gasteiger partial charge in [0, 0.05) is 13.0 Å². The molecule has 1 N–H and O–H groups in total. The molecule has 0 atom stereocenters. The maximum atomic E-state index is 11.9. The molecule has 0 aliphatic carbocycles. The zero-order chi connectivity index (χ0) is 12.2. The zero-order valence-corrected chi connectivity index (χ0v) is 9.76. The van der Waals surface area contributed by atoms with Crippen LogP contribution in [0.5, 0.6) is 0 Å². The Kier molecular flexibility index (Phi) is 4.74. The lowest BCUT2D eigenvalue weighted by Gasteiger charge is -2.11. The Balaban J connectivity index is 2.43. The summed E-state index contributed by atoms with van der Waals surface area (Å²) in [5.41, 5.74) is 0.480. The second-order valence-corrected chi connectivity index (χ2v) is 4.06. The Hall–Kier alpha value is -0.610. The minimum absolute atomic E-state index is 0.00888. The van der Waals surface area contributed by atoms with Crippen molar-refractivity contribution < 1.29 is 13.2 Å². The van der Waals surface area contributed by atoms with Crippen LogP contribution in [0.3, 0.4) is 0 Å². The summed E-state index contributed by atoms with van der Waals surface area (Å²) < 4.78 is 35.6. The molecule has 0 amide bonds. The van der Waals surface area contributed by atoms with Gasteiger partial charge in [-0.1, -0.05) is 29.3 Å². The third kappa shape index (κ3) is 4.49. The number of anilines is 1. The van der Waals surface area contributed by atoms with E-state index in [9.17, 15) is 13.2 Å². The average molecular weight is 272 g/mol. The largest absolute Gasteiger partial charge is 0.389 e. The van der Waals surface area contributed by atoms with E-state index in [0.717, 1.165) is 0 Å². The summed E-state index contributed by atoms with van der Waals surface area (Å²) in [5.74, 6) is 0. The van der Waals surface area contributed by atoms with Gasteiger partial charge < -0.3 is 5.32 Å². The first-order valence-electron chi connectivity index (χ1n) is 4.65. The molecule has 0 aliphatic heterocycles. The summed E-state index contributed by atoms with van der Waals surface area (Å²) in [6.45, 7) is 0.183. The van der Waals surface area contributed by atoms with Crippen molar-refractivity contribution in [2.45, 2.75) is 19.0 Å². The molecular weight excluding hydrogens is 262 g/mol. The highest BCUT2D eigenvalue weighted by Crippen LogP contribution is 2.30. The quantitative estimate of drug-likeness (QED) is 0.780. The van der Waals surface area contributed by atoms with Crippen LogP contribution in [-0.4, -0.2) is 12.7 Å². The monoisotopic (exact) mass is 271 g/mol. The zero-order valence-electron chi connectivity index (χ0n) is 8.24. The number of benzene rings is 1. The first-order valence-corrected chi connectivity index (χ1v) is 5.40. The second-order valence-electron chi connectivity index (χ2n) is 3.24. The van der Waals surface area contributed by atoms with Crippen LogP contribution in [0.2, 0.25) is 10.0 Å². The molecule has 16 heavy (non-hydrogen) atoms. The molecule has 0 bridgehead atoms. The minimum Gasteiger partial charge on any atom is -0.383 e. The summed E-state index contributed by atoms with van der Waals surface area (Å²) in [7, 11) is 0. The molecule has 0 saturated carbocycles. The van der Waals surface area contributed by atoms with E-state index in [0.29, 0.717) is 15.7 Å². The van der Waals surface area contributed by atoms with Gasteiger partial charge in [0.05, 0.1) is 15.7 Å². The number of rotatable bonds is 4. The van der Waals surface area contributed by atoms with Gasteiger partial charge >= 0.3 is 6.18 Å². The van der Waals surface area contributed by atoms with Crippen LogP contribution < -0.4 is 5.32 Å². The molecule has 0 spiro atoms. The molecule has 1 aromatic rings. The molecule has 0 radical (unpaired) electrons. The molecular formula is C10H10Cl2F3N. The number of hydrogen-bond donors (Lipinski definition) is 1. The van der Waals surface area contributed by atoms with Crippen LogP contribution in [0.25, 0.3) is 0 Å². The van der Waals surface area contributed by atoms with Gasteiger partial charge in [0.15, 0.2) is 0 Å². The summed E-state index contributed by atoms with van der Waals surface area (Å²) in [4.78, 5) is 0. The van der Waals surface area contributed by atoms with E-state index in [2.05, 4.69) is 5.32 Å². The van der Waals surface area contributed by atoms with Crippen LogP contribution in [0.15, 0.2) is 18.2 Å². The Morgan fingerprint density at radius 2 is 1.69 bits per heavy atom. The average Bonchev–Trinajstić information content (AvgIpc) is 2.14. The van der Waals surface area contributed by atoms with Crippen LogP contribution in [0.1, 0.15) is 12.8 Å². The number of halogens is 5. The van der Waals surface area contributed by atoms with Gasteiger partial charge in [0.1, 0.15) is 0 Å². The van der Waals surface area contributed by atoms with E-state index in [1.165, 1.54) is 0 Å². The fourth-order valence-electron chi connectivity index (χ4n) is 1.17. The van der Waals surface area contributed by atoms with E-state index in [1.54, 1.807) is 18.2 Å². The fraction of sp³-hybridized carbons (Fsp3) is 0.400. The third-order valence-electron chi connectivity index (χ3n) is 1.90. The van der Waals surface area contributed by atoms with Crippen molar-refractivity contribution in [1.82, 2.24) is 0 Å². The first-order chi connectivity index (χ1) is 7.40. The Morgan fingerprint density at radius 3 is 2.19 bits per heavy atom. The van der Waals surface area contributed by atoms with Crippen LogP contribution in [-0.2, 0) is 0 Å². The minimum atomic E-state index is -4.12. The number of para-hydroxylation sites is 1. The standard InChI is InChI=1S/C10H10Cl2F3N/c11-7-3-1-4-8(12)9(7)16-6-2-5-10(13,14)15/h1,3-4,16H,2,5-6H2. The number of alkyl halides is 3. The molecule has 90 valence electrons. The second kappa shape index (κ2) is 5.64. The predicted octanol–water partition coefficient (Wildman–Crippen LogP) is 4.75. The Morgan fingerprint density at radius 1 is 1.12 bits per heavy atom. The third-order valence-corrected chi connectivity index (χ3v) is 2.53. The fourth-order valence-corrected chi connectivity index (χ4v) is 1.70. The molecule has 0 unspecified atom stereocenters. The van der Waals surface area contributed by atoms with Gasteiger partial charge in [-0.15, -0.1) is 0 Å². The van der Waals surface area contributed by atoms with Gasteiger partial charge in [-0.05, 0) is 18.6 Å². The van der Waals surface area contributed by atoms with Gasteiger partial charge in [-0.25, -0.2) is 0 Å². The van der Waals surface area contributed by atoms with Crippen molar-refractivity contribution in [2.24, 2.45) is 0 Å². The highest BCUT2D eigenvalue weighted by atomic mass is 35.5.